The molecule has 0 bridgehead atoms. The predicted octanol–water partition coefficient (Wildman–Crippen LogP) is 2.87. The summed E-state index contributed by atoms with van der Waals surface area (Å²) in [6, 6.07) is 0.498. The fourth-order valence-electron chi connectivity index (χ4n) is 2.91. The Bertz CT molecular complexity index is 579. The van der Waals surface area contributed by atoms with Crippen LogP contribution >= 0.6 is 11.6 Å². The summed E-state index contributed by atoms with van der Waals surface area (Å²) >= 11 is 6.08. The Labute approximate surface area is 129 Å². The molecular weight excluding hydrogens is 288 g/mol. The minimum Gasteiger partial charge on any atom is -0.338 e. The van der Waals surface area contributed by atoms with Gasteiger partial charge in [0.05, 0.1) is 0 Å². The van der Waals surface area contributed by atoms with E-state index in [1.54, 1.807) is 23.3 Å². The van der Waals surface area contributed by atoms with E-state index >= 15 is 0 Å². The molecule has 6 nitrogen and oxygen atoms in total. The molecule has 0 N–H and O–H groups in total. The molecule has 1 aliphatic rings. The van der Waals surface area contributed by atoms with E-state index in [4.69, 9.17) is 11.6 Å². The highest BCUT2D eigenvalue weighted by Gasteiger charge is 2.23. The summed E-state index contributed by atoms with van der Waals surface area (Å²) in [6.07, 6.45) is 11.4. The van der Waals surface area contributed by atoms with Gasteiger partial charge in [-0.15, -0.1) is 0 Å². The maximum Gasteiger partial charge on any atom is 0.241 e. The van der Waals surface area contributed by atoms with Crippen molar-refractivity contribution in [3.63, 3.8) is 0 Å². The van der Waals surface area contributed by atoms with Gasteiger partial charge in [0, 0.05) is 25.0 Å². The lowest BCUT2D eigenvalue weighted by molar-refractivity contribution is 0.414. The van der Waals surface area contributed by atoms with Gasteiger partial charge < -0.3 is 4.90 Å². The summed E-state index contributed by atoms with van der Waals surface area (Å²) in [4.78, 5) is 19.3. The van der Waals surface area contributed by atoms with Crippen LogP contribution < -0.4 is 4.90 Å². The first-order chi connectivity index (χ1) is 10.3. The zero-order valence-electron chi connectivity index (χ0n) is 12.1. The molecule has 112 valence electrons. The number of aromatic nitrogens is 5. The lowest BCUT2D eigenvalue weighted by Crippen LogP contribution is -2.38. The first kappa shape index (κ1) is 14.3. The van der Waals surface area contributed by atoms with Crippen molar-refractivity contribution in [3.05, 3.63) is 24.0 Å². The van der Waals surface area contributed by atoms with Crippen molar-refractivity contribution < 1.29 is 0 Å². The van der Waals surface area contributed by atoms with Gasteiger partial charge in [-0.05, 0) is 31.4 Å². The van der Waals surface area contributed by atoms with Crippen molar-refractivity contribution in [2.75, 3.05) is 11.4 Å². The summed E-state index contributed by atoms with van der Waals surface area (Å²) in [7, 11) is 0. The Hall–Kier alpha value is -1.69. The van der Waals surface area contributed by atoms with Crippen LogP contribution in [0.15, 0.2) is 18.7 Å². The van der Waals surface area contributed by atoms with Gasteiger partial charge in [-0.1, -0.05) is 19.3 Å². The Morgan fingerprint density at radius 2 is 2.05 bits per heavy atom. The SMILES string of the molecule is CCN(c1nc(Cl)nc(-n2ccnc2)n1)C1CCCCC1. The molecule has 0 aliphatic heterocycles. The van der Waals surface area contributed by atoms with Crippen LogP contribution in [0.5, 0.6) is 0 Å². The molecule has 0 spiro atoms. The Morgan fingerprint density at radius 3 is 2.71 bits per heavy atom. The molecule has 0 amide bonds. The number of rotatable bonds is 4. The molecule has 0 unspecified atom stereocenters. The fourth-order valence-corrected chi connectivity index (χ4v) is 3.06. The second-order valence-electron chi connectivity index (χ2n) is 5.25. The molecule has 0 saturated heterocycles. The molecular formula is C14H19ClN6. The quantitative estimate of drug-likeness (QED) is 0.869. The van der Waals surface area contributed by atoms with E-state index < -0.39 is 0 Å². The Balaban J connectivity index is 1.92. The van der Waals surface area contributed by atoms with Crippen molar-refractivity contribution in [2.24, 2.45) is 0 Å². The van der Waals surface area contributed by atoms with Crippen molar-refractivity contribution in [1.29, 1.82) is 0 Å². The molecule has 3 rings (SSSR count). The summed E-state index contributed by atoms with van der Waals surface area (Å²) in [5.41, 5.74) is 0. The first-order valence-electron chi connectivity index (χ1n) is 7.44. The standard InChI is InChI=1S/C14H19ClN6/c1-2-21(11-6-4-3-5-7-11)14-18-12(15)17-13(19-14)20-9-8-16-10-20/h8-11H,2-7H2,1H3. The fraction of sp³-hybridized carbons (Fsp3) is 0.571. The van der Waals surface area contributed by atoms with Crippen LogP contribution in [0.4, 0.5) is 5.95 Å². The summed E-state index contributed by atoms with van der Waals surface area (Å²) < 4.78 is 1.74. The van der Waals surface area contributed by atoms with Gasteiger partial charge in [0.25, 0.3) is 0 Å². The maximum absolute atomic E-state index is 6.08. The molecule has 21 heavy (non-hydrogen) atoms. The molecule has 2 aromatic heterocycles. The second kappa shape index (κ2) is 6.39. The van der Waals surface area contributed by atoms with Crippen LogP contribution in [0.3, 0.4) is 0 Å². The molecule has 2 aromatic rings. The van der Waals surface area contributed by atoms with Crippen LogP contribution in [0.25, 0.3) is 5.95 Å². The Morgan fingerprint density at radius 1 is 1.24 bits per heavy atom. The van der Waals surface area contributed by atoms with Gasteiger partial charge in [0.2, 0.25) is 17.2 Å². The van der Waals surface area contributed by atoms with E-state index in [1.165, 1.54) is 32.1 Å². The number of anilines is 1. The summed E-state index contributed by atoms with van der Waals surface area (Å²) in [6.45, 7) is 3.00. The first-order valence-corrected chi connectivity index (χ1v) is 7.82. The third-order valence-corrected chi connectivity index (χ3v) is 4.10. The van der Waals surface area contributed by atoms with E-state index in [2.05, 4.69) is 31.8 Å². The van der Waals surface area contributed by atoms with Gasteiger partial charge in [0.1, 0.15) is 6.33 Å². The molecule has 0 atom stereocenters. The highest BCUT2D eigenvalue weighted by molar-refractivity contribution is 6.28. The number of nitrogens with zero attached hydrogens (tertiary/aromatic N) is 6. The molecule has 1 aliphatic carbocycles. The van der Waals surface area contributed by atoms with Gasteiger partial charge in [-0.25, -0.2) is 4.98 Å². The summed E-state index contributed by atoms with van der Waals surface area (Å²) in [5, 5.41) is 0.220. The maximum atomic E-state index is 6.08. The van der Waals surface area contributed by atoms with Crippen LogP contribution in [0.2, 0.25) is 5.28 Å². The van der Waals surface area contributed by atoms with Crippen molar-refractivity contribution >= 4 is 17.5 Å². The lowest BCUT2D eigenvalue weighted by atomic mass is 9.94. The van der Waals surface area contributed by atoms with E-state index in [9.17, 15) is 0 Å². The largest absolute Gasteiger partial charge is 0.338 e. The van der Waals surface area contributed by atoms with Gasteiger partial charge >= 0.3 is 0 Å². The van der Waals surface area contributed by atoms with Crippen LogP contribution in [0, 0.1) is 0 Å². The van der Waals surface area contributed by atoms with Crippen LogP contribution in [0.1, 0.15) is 39.0 Å². The topological polar surface area (TPSA) is 59.7 Å². The number of hydrogen-bond acceptors (Lipinski definition) is 5. The minimum absolute atomic E-state index is 0.220. The third-order valence-electron chi connectivity index (χ3n) is 3.93. The zero-order chi connectivity index (χ0) is 14.7. The van der Waals surface area contributed by atoms with Gasteiger partial charge in [-0.2, -0.15) is 15.0 Å². The lowest BCUT2D eigenvalue weighted by Gasteiger charge is -2.33. The predicted molar refractivity (Wildman–Crippen MR) is 81.9 cm³/mol. The van der Waals surface area contributed by atoms with E-state index in [0.717, 1.165) is 6.54 Å². The van der Waals surface area contributed by atoms with Crippen molar-refractivity contribution in [2.45, 2.75) is 45.1 Å². The van der Waals surface area contributed by atoms with Gasteiger partial charge in [-0.3, -0.25) is 4.57 Å². The molecule has 2 heterocycles. The van der Waals surface area contributed by atoms with Crippen molar-refractivity contribution in [3.8, 4) is 5.95 Å². The van der Waals surface area contributed by atoms with E-state index in [-0.39, 0.29) is 5.28 Å². The minimum atomic E-state index is 0.220. The molecule has 1 saturated carbocycles. The van der Waals surface area contributed by atoms with Crippen LogP contribution in [-0.2, 0) is 0 Å². The monoisotopic (exact) mass is 306 g/mol. The van der Waals surface area contributed by atoms with E-state index in [0.29, 0.717) is 17.9 Å². The second-order valence-corrected chi connectivity index (χ2v) is 5.59. The van der Waals surface area contributed by atoms with Gasteiger partial charge in [0.15, 0.2) is 0 Å². The molecule has 0 aromatic carbocycles. The smallest absolute Gasteiger partial charge is 0.241 e. The van der Waals surface area contributed by atoms with Crippen molar-refractivity contribution in [1.82, 2.24) is 24.5 Å². The molecule has 0 radical (unpaired) electrons. The molecule has 7 heteroatoms. The number of imidazole rings is 1. The average molecular weight is 307 g/mol. The zero-order valence-corrected chi connectivity index (χ0v) is 12.9. The van der Waals surface area contributed by atoms with Crippen LogP contribution in [-0.4, -0.2) is 37.1 Å². The third kappa shape index (κ3) is 3.15. The number of halogens is 1. The Kier molecular flexibility index (Phi) is 4.34. The highest BCUT2D eigenvalue weighted by atomic mass is 35.5. The average Bonchev–Trinajstić information content (AvgIpc) is 3.03. The number of hydrogen-bond donors (Lipinski definition) is 0. The molecule has 1 fully saturated rings. The summed E-state index contributed by atoms with van der Waals surface area (Å²) in [5.74, 6) is 1.17. The van der Waals surface area contributed by atoms with E-state index in [1.807, 2.05) is 0 Å². The highest BCUT2D eigenvalue weighted by Crippen LogP contribution is 2.26. The normalized spacial score (nSPS) is 16.1.